The van der Waals surface area contributed by atoms with E-state index in [1.807, 2.05) is 48.2 Å². The summed E-state index contributed by atoms with van der Waals surface area (Å²) < 4.78 is 5.70. The van der Waals surface area contributed by atoms with Gasteiger partial charge in [-0.05, 0) is 48.6 Å². The number of nitrogens with two attached hydrogens (primary N) is 1. The highest BCUT2D eigenvalue weighted by molar-refractivity contribution is 5.84. The van der Waals surface area contributed by atoms with Crippen LogP contribution < -0.4 is 10.5 Å². The third-order valence-corrected chi connectivity index (χ3v) is 4.64. The predicted octanol–water partition coefficient (Wildman–Crippen LogP) is 2.80. The zero-order valence-electron chi connectivity index (χ0n) is 13.6. The number of ether oxygens (including phenoxy) is 1. The van der Waals surface area contributed by atoms with Crippen molar-refractivity contribution < 1.29 is 9.53 Å². The van der Waals surface area contributed by atoms with Gasteiger partial charge in [0.1, 0.15) is 5.75 Å². The molecule has 0 radical (unpaired) electrons. The van der Waals surface area contributed by atoms with Crippen molar-refractivity contribution in [1.29, 1.82) is 0 Å². The SMILES string of the molecule is CC(N)C1CCCN(C(=O)COc2ccc3ccccc3c2)C1. The third-order valence-electron chi connectivity index (χ3n) is 4.64. The fourth-order valence-corrected chi connectivity index (χ4v) is 3.16. The van der Waals surface area contributed by atoms with Gasteiger partial charge in [0.25, 0.3) is 5.91 Å². The van der Waals surface area contributed by atoms with Gasteiger partial charge in [-0.3, -0.25) is 4.79 Å². The van der Waals surface area contributed by atoms with E-state index in [1.54, 1.807) is 0 Å². The molecule has 3 rings (SSSR count). The lowest BCUT2D eigenvalue weighted by atomic mass is 9.92. The molecule has 1 heterocycles. The molecular weight excluding hydrogens is 288 g/mol. The van der Waals surface area contributed by atoms with E-state index in [2.05, 4.69) is 6.07 Å². The second kappa shape index (κ2) is 7.01. The zero-order valence-corrected chi connectivity index (χ0v) is 13.6. The summed E-state index contributed by atoms with van der Waals surface area (Å²) >= 11 is 0. The molecule has 2 N–H and O–H groups in total. The number of amides is 1. The van der Waals surface area contributed by atoms with Crippen LogP contribution in [0.4, 0.5) is 0 Å². The van der Waals surface area contributed by atoms with Gasteiger partial charge in [-0.2, -0.15) is 0 Å². The minimum absolute atomic E-state index is 0.0449. The lowest BCUT2D eigenvalue weighted by Gasteiger charge is -2.34. The topological polar surface area (TPSA) is 55.6 Å². The third kappa shape index (κ3) is 3.82. The second-order valence-electron chi connectivity index (χ2n) is 6.40. The summed E-state index contributed by atoms with van der Waals surface area (Å²) in [6.45, 7) is 3.66. The number of likely N-dealkylation sites (tertiary alicyclic amines) is 1. The Bertz CT molecular complexity index is 684. The molecular formula is C19H24N2O2. The first-order valence-electron chi connectivity index (χ1n) is 8.28. The zero-order chi connectivity index (χ0) is 16.2. The number of hydrogen-bond acceptors (Lipinski definition) is 3. The number of rotatable bonds is 4. The van der Waals surface area contributed by atoms with Gasteiger partial charge in [-0.1, -0.05) is 30.3 Å². The molecule has 0 saturated carbocycles. The Kier molecular flexibility index (Phi) is 4.82. The molecule has 0 aliphatic carbocycles. The molecule has 2 aromatic carbocycles. The number of benzene rings is 2. The standard InChI is InChI=1S/C19H24N2O2/c1-14(20)17-7-4-10-21(12-17)19(22)13-23-18-9-8-15-5-2-3-6-16(15)11-18/h2-3,5-6,8-9,11,14,17H,4,7,10,12-13,20H2,1H3. The molecule has 2 atom stereocenters. The number of piperidine rings is 1. The summed E-state index contributed by atoms with van der Waals surface area (Å²) in [5, 5.41) is 2.29. The van der Waals surface area contributed by atoms with Gasteiger partial charge < -0.3 is 15.4 Å². The monoisotopic (exact) mass is 312 g/mol. The highest BCUT2D eigenvalue weighted by Crippen LogP contribution is 2.21. The molecule has 0 aromatic heterocycles. The van der Waals surface area contributed by atoms with E-state index in [0.717, 1.165) is 37.1 Å². The van der Waals surface area contributed by atoms with Gasteiger partial charge in [0.15, 0.2) is 6.61 Å². The maximum atomic E-state index is 12.4. The van der Waals surface area contributed by atoms with E-state index < -0.39 is 0 Å². The molecule has 4 nitrogen and oxygen atoms in total. The van der Waals surface area contributed by atoms with E-state index >= 15 is 0 Å². The summed E-state index contributed by atoms with van der Waals surface area (Å²) in [7, 11) is 0. The van der Waals surface area contributed by atoms with Crippen molar-refractivity contribution >= 4 is 16.7 Å². The Balaban J connectivity index is 1.59. The van der Waals surface area contributed by atoms with Crippen molar-refractivity contribution in [1.82, 2.24) is 4.90 Å². The average Bonchev–Trinajstić information content (AvgIpc) is 2.59. The highest BCUT2D eigenvalue weighted by Gasteiger charge is 2.25. The van der Waals surface area contributed by atoms with Gasteiger partial charge >= 0.3 is 0 Å². The Morgan fingerprint density at radius 2 is 2.09 bits per heavy atom. The molecule has 0 bridgehead atoms. The van der Waals surface area contributed by atoms with Crippen molar-refractivity contribution in [2.45, 2.75) is 25.8 Å². The Morgan fingerprint density at radius 1 is 1.30 bits per heavy atom. The highest BCUT2D eigenvalue weighted by atomic mass is 16.5. The molecule has 23 heavy (non-hydrogen) atoms. The maximum absolute atomic E-state index is 12.4. The van der Waals surface area contributed by atoms with Gasteiger partial charge in [0.2, 0.25) is 0 Å². The molecule has 4 heteroatoms. The molecule has 1 fully saturated rings. The lowest BCUT2D eigenvalue weighted by molar-refractivity contribution is -0.135. The van der Waals surface area contributed by atoms with Crippen LogP contribution in [0.5, 0.6) is 5.75 Å². The number of nitrogens with zero attached hydrogens (tertiary/aromatic N) is 1. The quantitative estimate of drug-likeness (QED) is 0.944. The van der Waals surface area contributed by atoms with Crippen LogP contribution in [0.25, 0.3) is 10.8 Å². The van der Waals surface area contributed by atoms with Gasteiger partial charge in [-0.25, -0.2) is 0 Å². The van der Waals surface area contributed by atoms with Gasteiger partial charge in [0, 0.05) is 19.1 Å². The number of carbonyl (C=O) groups is 1. The normalized spacial score (nSPS) is 19.6. The molecule has 1 aliphatic rings. The summed E-state index contributed by atoms with van der Waals surface area (Å²) in [4.78, 5) is 14.3. The maximum Gasteiger partial charge on any atom is 0.260 e. The van der Waals surface area contributed by atoms with Crippen LogP contribution in [0.3, 0.4) is 0 Å². The number of hydrogen-bond donors (Lipinski definition) is 1. The van der Waals surface area contributed by atoms with Crippen LogP contribution in [0.2, 0.25) is 0 Å². The summed E-state index contributed by atoms with van der Waals surface area (Å²) in [6, 6.07) is 14.2. The fraction of sp³-hybridized carbons (Fsp3) is 0.421. The first-order chi connectivity index (χ1) is 11.1. The summed E-state index contributed by atoms with van der Waals surface area (Å²) in [5.74, 6) is 1.18. The van der Waals surface area contributed by atoms with Crippen molar-refractivity contribution in [2.24, 2.45) is 11.7 Å². The lowest BCUT2D eigenvalue weighted by Crippen LogP contribution is -2.46. The van der Waals surface area contributed by atoms with E-state index in [-0.39, 0.29) is 18.6 Å². The Hall–Kier alpha value is -2.07. The van der Waals surface area contributed by atoms with Crippen LogP contribution in [-0.2, 0) is 4.79 Å². The Labute approximate surface area is 137 Å². The van der Waals surface area contributed by atoms with Crippen molar-refractivity contribution in [2.75, 3.05) is 19.7 Å². The van der Waals surface area contributed by atoms with E-state index in [4.69, 9.17) is 10.5 Å². The summed E-state index contributed by atoms with van der Waals surface area (Å²) in [6.07, 6.45) is 2.13. The smallest absolute Gasteiger partial charge is 0.260 e. The first kappa shape index (κ1) is 15.8. The van der Waals surface area contributed by atoms with Gasteiger partial charge in [-0.15, -0.1) is 0 Å². The molecule has 2 unspecified atom stereocenters. The molecule has 1 saturated heterocycles. The molecule has 1 amide bonds. The van der Waals surface area contributed by atoms with Crippen LogP contribution in [0.1, 0.15) is 19.8 Å². The second-order valence-corrected chi connectivity index (χ2v) is 6.40. The van der Waals surface area contributed by atoms with Crippen molar-refractivity contribution in [3.05, 3.63) is 42.5 Å². The largest absolute Gasteiger partial charge is 0.484 e. The van der Waals surface area contributed by atoms with E-state index in [1.165, 1.54) is 5.39 Å². The first-order valence-corrected chi connectivity index (χ1v) is 8.28. The van der Waals surface area contributed by atoms with Crippen LogP contribution in [0, 0.1) is 5.92 Å². The Morgan fingerprint density at radius 3 is 2.87 bits per heavy atom. The fourth-order valence-electron chi connectivity index (χ4n) is 3.16. The minimum atomic E-state index is 0.0449. The van der Waals surface area contributed by atoms with E-state index in [0.29, 0.717) is 5.92 Å². The van der Waals surface area contributed by atoms with E-state index in [9.17, 15) is 4.79 Å². The minimum Gasteiger partial charge on any atom is -0.484 e. The predicted molar refractivity (Wildman–Crippen MR) is 92.4 cm³/mol. The molecule has 2 aromatic rings. The molecule has 1 aliphatic heterocycles. The number of carbonyl (C=O) groups excluding carboxylic acids is 1. The van der Waals surface area contributed by atoms with Crippen molar-refractivity contribution in [3.8, 4) is 5.75 Å². The molecule has 122 valence electrons. The molecule has 0 spiro atoms. The van der Waals surface area contributed by atoms with Crippen LogP contribution >= 0.6 is 0 Å². The van der Waals surface area contributed by atoms with Crippen molar-refractivity contribution in [3.63, 3.8) is 0 Å². The number of fused-ring (bicyclic) bond motifs is 1. The average molecular weight is 312 g/mol. The van der Waals surface area contributed by atoms with Crippen LogP contribution in [0.15, 0.2) is 42.5 Å². The van der Waals surface area contributed by atoms with Gasteiger partial charge in [0.05, 0.1) is 0 Å². The van der Waals surface area contributed by atoms with Crippen LogP contribution in [-0.4, -0.2) is 36.5 Å². The summed E-state index contributed by atoms with van der Waals surface area (Å²) in [5.41, 5.74) is 5.98.